The summed E-state index contributed by atoms with van der Waals surface area (Å²) in [6.07, 6.45) is 2.23. The van der Waals surface area contributed by atoms with Crippen LogP contribution in [-0.4, -0.2) is 39.4 Å². The lowest BCUT2D eigenvalue weighted by Crippen LogP contribution is -2.39. The molecule has 1 fully saturated rings. The summed E-state index contributed by atoms with van der Waals surface area (Å²) < 4.78 is 26.6. The maximum Gasteiger partial charge on any atom is 0.243 e. The number of rotatable bonds is 4. The molecule has 2 rings (SSSR count). The van der Waals surface area contributed by atoms with E-state index in [1.54, 1.807) is 19.2 Å². The number of aryl methyl sites for hydroxylation is 1. The fourth-order valence-electron chi connectivity index (χ4n) is 2.56. The molecular weight excluding hydrogens is 260 g/mol. The van der Waals surface area contributed by atoms with E-state index in [-0.39, 0.29) is 0 Å². The Morgan fingerprint density at radius 1 is 1.37 bits per heavy atom. The van der Waals surface area contributed by atoms with Gasteiger partial charge in [-0.3, -0.25) is 0 Å². The average molecular weight is 282 g/mol. The molecule has 0 saturated carbocycles. The fourth-order valence-corrected chi connectivity index (χ4v) is 4.02. The summed E-state index contributed by atoms with van der Waals surface area (Å²) in [5, 5.41) is 3.32. The number of benzene rings is 1. The smallest absolute Gasteiger partial charge is 0.243 e. The minimum absolute atomic E-state index is 0.414. The summed E-state index contributed by atoms with van der Waals surface area (Å²) in [6.45, 7) is 4.38. The molecule has 5 heteroatoms. The first-order valence-electron chi connectivity index (χ1n) is 6.74. The first-order chi connectivity index (χ1) is 9.01. The monoisotopic (exact) mass is 282 g/mol. The van der Waals surface area contributed by atoms with Crippen LogP contribution in [-0.2, 0) is 10.0 Å². The molecule has 106 valence electrons. The molecule has 0 radical (unpaired) electrons. The standard InChI is InChI=1S/C14H22N2O2S/c1-12-6-3-4-8-14(12)19(17,18)16(2)11-13-7-5-9-15-10-13/h3-4,6,8,13,15H,5,7,9-11H2,1-2H3. The molecule has 1 aromatic rings. The minimum atomic E-state index is -3.36. The van der Waals surface area contributed by atoms with Crippen molar-refractivity contribution in [2.24, 2.45) is 5.92 Å². The summed E-state index contributed by atoms with van der Waals surface area (Å²) in [5.41, 5.74) is 0.802. The first-order valence-corrected chi connectivity index (χ1v) is 8.18. The second kappa shape index (κ2) is 6.03. The van der Waals surface area contributed by atoms with Crippen LogP contribution in [0.5, 0.6) is 0 Å². The van der Waals surface area contributed by atoms with E-state index in [1.165, 1.54) is 4.31 Å². The summed E-state index contributed by atoms with van der Waals surface area (Å²) in [4.78, 5) is 0.418. The minimum Gasteiger partial charge on any atom is -0.316 e. The normalized spacial score (nSPS) is 20.7. The molecule has 19 heavy (non-hydrogen) atoms. The lowest BCUT2D eigenvalue weighted by atomic mass is 10.00. The van der Waals surface area contributed by atoms with Crippen molar-refractivity contribution in [3.63, 3.8) is 0 Å². The van der Waals surface area contributed by atoms with Gasteiger partial charge in [-0.1, -0.05) is 18.2 Å². The topological polar surface area (TPSA) is 49.4 Å². The fraction of sp³-hybridized carbons (Fsp3) is 0.571. The quantitative estimate of drug-likeness (QED) is 0.913. The SMILES string of the molecule is Cc1ccccc1S(=O)(=O)N(C)CC1CCCNC1. The van der Waals surface area contributed by atoms with Gasteiger partial charge in [0.15, 0.2) is 0 Å². The Balaban J connectivity index is 2.13. The molecule has 1 atom stereocenters. The molecule has 1 heterocycles. The van der Waals surface area contributed by atoms with E-state index < -0.39 is 10.0 Å². The Morgan fingerprint density at radius 2 is 2.11 bits per heavy atom. The van der Waals surface area contributed by atoms with Gasteiger partial charge in [0.05, 0.1) is 4.90 Å². The van der Waals surface area contributed by atoms with Gasteiger partial charge in [0.25, 0.3) is 0 Å². The number of hydrogen-bond acceptors (Lipinski definition) is 3. The van der Waals surface area contributed by atoms with Crippen LogP contribution in [0.15, 0.2) is 29.2 Å². The van der Waals surface area contributed by atoms with Crippen molar-refractivity contribution in [2.45, 2.75) is 24.7 Å². The van der Waals surface area contributed by atoms with Gasteiger partial charge in [-0.15, -0.1) is 0 Å². The van der Waals surface area contributed by atoms with Gasteiger partial charge in [0.1, 0.15) is 0 Å². The zero-order chi connectivity index (χ0) is 13.9. The Labute approximate surface area is 115 Å². The highest BCUT2D eigenvalue weighted by Crippen LogP contribution is 2.20. The molecule has 4 nitrogen and oxygen atoms in total. The number of sulfonamides is 1. The first kappa shape index (κ1) is 14.5. The zero-order valence-electron chi connectivity index (χ0n) is 11.6. The third-order valence-corrected chi connectivity index (χ3v) is 5.68. The van der Waals surface area contributed by atoms with Crippen LogP contribution < -0.4 is 5.32 Å². The maximum absolute atomic E-state index is 12.5. The lowest BCUT2D eigenvalue weighted by molar-refractivity contribution is 0.314. The maximum atomic E-state index is 12.5. The van der Waals surface area contributed by atoms with Gasteiger partial charge >= 0.3 is 0 Å². The molecule has 0 aromatic heterocycles. The third-order valence-electron chi connectivity index (χ3n) is 3.70. The molecule has 0 amide bonds. The number of nitrogens with one attached hydrogen (secondary N) is 1. The zero-order valence-corrected chi connectivity index (χ0v) is 12.4. The second-order valence-corrected chi connectivity index (χ2v) is 7.28. The molecule has 0 aliphatic carbocycles. The summed E-state index contributed by atoms with van der Waals surface area (Å²) in [5.74, 6) is 0.414. The molecule has 1 aliphatic heterocycles. The van der Waals surface area contributed by atoms with Crippen LogP contribution in [0.25, 0.3) is 0 Å². The van der Waals surface area contributed by atoms with Crippen molar-refractivity contribution in [2.75, 3.05) is 26.7 Å². The lowest BCUT2D eigenvalue weighted by Gasteiger charge is -2.27. The number of piperidine rings is 1. The van der Waals surface area contributed by atoms with Crippen LogP contribution in [0.4, 0.5) is 0 Å². The summed E-state index contributed by atoms with van der Waals surface area (Å²) in [7, 11) is -1.69. The van der Waals surface area contributed by atoms with E-state index in [2.05, 4.69) is 5.32 Å². The van der Waals surface area contributed by atoms with Gasteiger partial charge in [0.2, 0.25) is 10.0 Å². The van der Waals surface area contributed by atoms with Gasteiger partial charge in [-0.2, -0.15) is 0 Å². The molecule has 1 aromatic carbocycles. The number of nitrogens with zero attached hydrogens (tertiary/aromatic N) is 1. The second-order valence-electron chi connectivity index (χ2n) is 5.26. The van der Waals surface area contributed by atoms with Gasteiger partial charge < -0.3 is 5.32 Å². The third kappa shape index (κ3) is 3.35. The molecule has 1 N–H and O–H groups in total. The summed E-state index contributed by atoms with van der Waals surface area (Å²) >= 11 is 0. The molecular formula is C14H22N2O2S. The largest absolute Gasteiger partial charge is 0.316 e. The molecule has 1 unspecified atom stereocenters. The average Bonchev–Trinajstić information content (AvgIpc) is 2.40. The van der Waals surface area contributed by atoms with Crippen molar-refractivity contribution in [3.05, 3.63) is 29.8 Å². The molecule has 1 aliphatic rings. The van der Waals surface area contributed by atoms with Gasteiger partial charge in [-0.05, 0) is 50.4 Å². The van der Waals surface area contributed by atoms with E-state index >= 15 is 0 Å². The highest BCUT2D eigenvalue weighted by atomic mass is 32.2. The Bertz CT molecular complexity index is 522. The molecule has 1 saturated heterocycles. The van der Waals surface area contributed by atoms with Gasteiger partial charge in [0, 0.05) is 13.6 Å². The van der Waals surface area contributed by atoms with Crippen LogP contribution in [0, 0.1) is 12.8 Å². The van der Waals surface area contributed by atoms with Crippen LogP contribution in [0.1, 0.15) is 18.4 Å². The highest BCUT2D eigenvalue weighted by Gasteiger charge is 2.25. The molecule has 0 spiro atoms. The van der Waals surface area contributed by atoms with Crippen molar-refractivity contribution >= 4 is 10.0 Å². The van der Waals surface area contributed by atoms with Crippen LogP contribution in [0.2, 0.25) is 0 Å². The predicted molar refractivity (Wildman–Crippen MR) is 76.6 cm³/mol. The van der Waals surface area contributed by atoms with Crippen molar-refractivity contribution in [1.29, 1.82) is 0 Å². The van der Waals surface area contributed by atoms with Crippen LogP contribution >= 0.6 is 0 Å². The van der Waals surface area contributed by atoms with Crippen molar-refractivity contribution in [3.8, 4) is 0 Å². The molecule has 0 bridgehead atoms. The highest BCUT2D eigenvalue weighted by molar-refractivity contribution is 7.89. The van der Waals surface area contributed by atoms with E-state index in [0.717, 1.165) is 31.5 Å². The van der Waals surface area contributed by atoms with E-state index in [9.17, 15) is 8.42 Å². The number of hydrogen-bond donors (Lipinski definition) is 1. The summed E-state index contributed by atoms with van der Waals surface area (Å²) in [6, 6.07) is 7.15. The predicted octanol–water partition coefficient (Wildman–Crippen LogP) is 1.62. The Hall–Kier alpha value is -0.910. The van der Waals surface area contributed by atoms with Crippen LogP contribution in [0.3, 0.4) is 0 Å². The van der Waals surface area contributed by atoms with E-state index in [0.29, 0.717) is 17.4 Å². The van der Waals surface area contributed by atoms with E-state index in [4.69, 9.17) is 0 Å². The Morgan fingerprint density at radius 3 is 2.74 bits per heavy atom. The van der Waals surface area contributed by atoms with Crippen molar-refractivity contribution < 1.29 is 8.42 Å². The van der Waals surface area contributed by atoms with E-state index in [1.807, 2.05) is 19.1 Å². The Kier molecular flexibility index (Phi) is 4.60. The van der Waals surface area contributed by atoms with Gasteiger partial charge in [-0.25, -0.2) is 12.7 Å². The van der Waals surface area contributed by atoms with Crippen molar-refractivity contribution in [1.82, 2.24) is 9.62 Å².